The van der Waals surface area contributed by atoms with Crippen molar-refractivity contribution in [2.75, 3.05) is 19.6 Å². The molecule has 1 aliphatic rings. The molecule has 8 heteroatoms. The molecule has 0 radical (unpaired) electrons. The molecule has 0 aliphatic carbocycles. The molecule has 2 heterocycles. The topological polar surface area (TPSA) is 117 Å². The lowest BCUT2D eigenvalue weighted by molar-refractivity contribution is -0.131. The van der Waals surface area contributed by atoms with Gasteiger partial charge in [0.15, 0.2) is 5.54 Å². The first kappa shape index (κ1) is 15.9. The Hall–Kier alpha value is -2.48. The minimum Gasteiger partial charge on any atom is -0.355 e. The molecule has 2 rings (SSSR count). The van der Waals surface area contributed by atoms with Crippen LogP contribution in [0.2, 0.25) is 0 Å². The number of nitrogens with zero attached hydrogens (tertiary/aromatic N) is 2. The van der Waals surface area contributed by atoms with E-state index in [1.165, 1.54) is 0 Å². The Bertz CT molecular complexity index is 577. The van der Waals surface area contributed by atoms with Gasteiger partial charge < -0.3 is 16.4 Å². The van der Waals surface area contributed by atoms with Crippen LogP contribution in [-0.2, 0) is 15.1 Å². The third-order valence-corrected chi connectivity index (χ3v) is 3.48. The maximum absolute atomic E-state index is 12.5. The van der Waals surface area contributed by atoms with E-state index < -0.39 is 17.5 Å². The van der Waals surface area contributed by atoms with Gasteiger partial charge in [0.2, 0.25) is 5.91 Å². The number of urea groups is 1. The van der Waals surface area contributed by atoms with Gasteiger partial charge in [0, 0.05) is 32.3 Å². The van der Waals surface area contributed by atoms with Crippen LogP contribution in [0.4, 0.5) is 4.79 Å². The van der Waals surface area contributed by atoms with Gasteiger partial charge in [0.25, 0.3) is 5.91 Å². The van der Waals surface area contributed by atoms with Gasteiger partial charge in [0.1, 0.15) is 0 Å². The number of rotatable bonds is 6. The number of amides is 4. The molecule has 1 aliphatic heterocycles. The number of pyridine rings is 1. The SMILES string of the molecule is CC1(c2ccccn2)NC(=O)N(CCC(=O)NCCN)C1=O. The van der Waals surface area contributed by atoms with Crippen LogP contribution in [0.3, 0.4) is 0 Å². The van der Waals surface area contributed by atoms with E-state index in [9.17, 15) is 14.4 Å². The second-order valence-corrected chi connectivity index (χ2v) is 5.12. The van der Waals surface area contributed by atoms with E-state index in [0.29, 0.717) is 18.8 Å². The largest absolute Gasteiger partial charge is 0.355 e. The highest BCUT2D eigenvalue weighted by Crippen LogP contribution is 2.27. The predicted octanol–water partition coefficient (Wildman–Crippen LogP) is -0.686. The maximum atomic E-state index is 12.5. The van der Waals surface area contributed by atoms with Gasteiger partial charge in [-0.1, -0.05) is 6.07 Å². The summed E-state index contributed by atoms with van der Waals surface area (Å²) < 4.78 is 0. The summed E-state index contributed by atoms with van der Waals surface area (Å²) in [5.41, 5.74) is 4.55. The zero-order valence-electron chi connectivity index (χ0n) is 12.3. The average molecular weight is 305 g/mol. The van der Waals surface area contributed by atoms with Crippen LogP contribution < -0.4 is 16.4 Å². The molecule has 1 saturated heterocycles. The van der Waals surface area contributed by atoms with Crippen molar-refractivity contribution in [3.8, 4) is 0 Å². The first-order valence-corrected chi connectivity index (χ1v) is 7.01. The Morgan fingerprint density at radius 1 is 1.45 bits per heavy atom. The molecule has 1 fully saturated rings. The van der Waals surface area contributed by atoms with Crippen molar-refractivity contribution < 1.29 is 14.4 Å². The van der Waals surface area contributed by atoms with Crippen LogP contribution >= 0.6 is 0 Å². The van der Waals surface area contributed by atoms with Gasteiger partial charge in [-0.05, 0) is 19.1 Å². The summed E-state index contributed by atoms with van der Waals surface area (Å²) in [6, 6.07) is 4.63. The summed E-state index contributed by atoms with van der Waals surface area (Å²) in [5.74, 6) is -0.666. The number of carbonyl (C=O) groups excluding carboxylic acids is 3. The van der Waals surface area contributed by atoms with Crippen LogP contribution in [0.15, 0.2) is 24.4 Å². The van der Waals surface area contributed by atoms with Gasteiger partial charge >= 0.3 is 6.03 Å². The van der Waals surface area contributed by atoms with E-state index in [4.69, 9.17) is 5.73 Å². The third-order valence-electron chi connectivity index (χ3n) is 3.48. The molecule has 0 bridgehead atoms. The summed E-state index contributed by atoms with van der Waals surface area (Å²) in [4.78, 5) is 41.3. The second-order valence-electron chi connectivity index (χ2n) is 5.12. The number of aromatic nitrogens is 1. The van der Waals surface area contributed by atoms with Gasteiger partial charge in [-0.15, -0.1) is 0 Å². The highest BCUT2D eigenvalue weighted by Gasteiger charge is 2.49. The van der Waals surface area contributed by atoms with Crippen molar-refractivity contribution in [2.24, 2.45) is 5.73 Å². The zero-order valence-corrected chi connectivity index (χ0v) is 12.3. The fraction of sp³-hybridized carbons (Fsp3) is 0.429. The standard InChI is InChI=1S/C14H19N5O3/c1-14(10-4-2-3-7-16-10)12(21)19(13(22)18-14)9-5-11(20)17-8-6-15/h2-4,7H,5-6,8-9,15H2,1H3,(H,17,20)(H,18,22). The molecule has 1 aromatic rings. The molecule has 4 N–H and O–H groups in total. The maximum Gasteiger partial charge on any atom is 0.325 e. The van der Waals surface area contributed by atoms with E-state index in [1.54, 1.807) is 31.3 Å². The number of hydrogen-bond acceptors (Lipinski definition) is 5. The normalized spacial score (nSPS) is 20.9. The Morgan fingerprint density at radius 2 is 2.23 bits per heavy atom. The summed E-state index contributed by atoms with van der Waals surface area (Å²) in [5, 5.41) is 5.23. The molecule has 1 unspecified atom stereocenters. The van der Waals surface area contributed by atoms with Gasteiger partial charge in [0.05, 0.1) is 5.69 Å². The average Bonchev–Trinajstić information content (AvgIpc) is 2.75. The lowest BCUT2D eigenvalue weighted by Crippen LogP contribution is -2.42. The molecule has 0 saturated carbocycles. The zero-order chi connectivity index (χ0) is 16.2. The number of carbonyl (C=O) groups is 3. The van der Waals surface area contributed by atoms with Crippen molar-refractivity contribution in [1.82, 2.24) is 20.5 Å². The number of imide groups is 1. The predicted molar refractivity (Wildman–Crippen MR) is 78.5 cm³/mol. The van der Waals surface area contributed by atoms with Crippen molar-refractivity contribution in [3.63, 3.8) is 0 Å². The molecule has 118 valence electrons. The van der Waals surface area contributed by atoms with Crippen LogP contribution in [0.1, 0.15) is 19.0 Å². The minimum absolute atomic E-state index is 0.0174. The summed E-state index contributed by atoms with van der Waals surface area (Å²) in [6.45, 7) is 2.32. The number of nitrogens with two attached hydrogens (primary N) is 1. The smallest absolute Gasteiger partial charge is 0.325 e. The highest BCUT2D eigenvalue weighted by atomic mass is 16.2. The van der Waals surface area contributed by atoms with Crippen LogP contribution in [-0.4, -0.2) is 47.4 Å². The number of hydrogen-bond donors (Lipinski definition) is 3. The fourth-order valence-corrected chi connectivity index (χ4v) is 2.25. The lowest BCUT2D eigenvalue weighted by Gasteiger charge is -2.20. The monoisotopic (exact) mass is 305 g/mol. The minimum atomic E-state index is -1.20. The lowest BCUT2D eigenvalue weighted by atomic mass is 9.97. The van der Waals surface area contributed by atoms with Gasteiger partial charge in [-0.25, -0.2) is 4.79 Å². The Balaban J connectivity index is 2.05. The molecule has 4 amide bonds. The van der Waals surface area contributed by atoms with E-state index in [1.807, 2.05) is 0 Å². The highest BCUT2D eigenvalue weighted by molar-refractivity contribution is 6.07. The molecule has 8 nitrogen and oxygen atoms in total. The van der Waals surface area contributed by atoms with Crippen LogP contribution in [0.25, 0.3) is 0 Å². The van der Waals surface area contributed by atoms with E-state index in [2.05, 4.69) is 15.6 Å². The van der Waals surface area contributed by atoms with Crippen molar-refractivity contribution in [3.05, 3.63) is 30.1 Å². The summed E-state index contributed by atoms with van der Waals surface area (Å²) >= 11 is 0. The van der Waals surface area contributed by atoms with Crippen molar-refractivity contribution >= 4 is 17.8 Å². The fourth-order valence-electron chi connectivity index (χ4n) is 2.25. The van der Waals surface area contributed by atoms with Crippen molar-refractivity contribution in [1.29, 1.82) is 0 Å². The Kier molecular flexibility index (Phi) is 4.71. The molecular formula is C14H19N5O3. The summed E-state index contributed by atoms with van der Waals surface area (Å²) in [7, 11) is 0. The van der Waals surface area contributed by atoms with Crippen LogP contribution in [0, 0.1) is 0 Å². The Labute approximate surface area is 128 Å². The second kappa shape index (κ2) is 6.52. The molecule has 1 atom stereocenters. The van der Waals surface area contributed by atoms with E-state index >= 15 is 0 Å². The van der Waals surface area contributed by atoms with Gasteiger partial charge in [-0.2, -0.15) is 0 Å². The third kappa shape index (κ3) is 3.06. The molecule has 1 aromatic heterocycles. The molecular weight excluding hydrogens is 286 g/mol. The molecule has 0 spiro atoms. The molecule has 0 aromatic carbocycles. The first-order chi connectivity index (χ1) is 10.5. The van der Waals surface area contributed by atoms with Crippen molar-refractivity contribution in [2.45, 2.75) is 18.9 Å². The molecule has 22 heavy (non-hydrogen) atoms. The van der Waals surface area contributed by atoms with Crippen LogP contribution in [0.5, 0.6) is 0 Å². The van der Waals surface area contributed by atoms with E-state index in [0.717, 1.165) is 4.90 Å². The Morgan fingerprint density at radius 3 is 2.86 bits per heavy atom. The first-order valence-electron chi connectivity index (χ1n) is 7.01. The number of nitrogens with one attached hydrogen (secondary N) is 2. The van der Waals surface area contributed by atoms with Gasteiger partial charge in [-0.3, -0.25) is 19.5 Å². The summed E-state index contributed by atoms with van der Waals surface area (Å²) in [6.07, 6.45) is 1.60. The van der Waals surface area contributed by atoms with E-state index in [-0.39, 0.29) is 18.9 Å². The quantitative estimate of drug-likeness (QED) is 0.602.